The summed E-state index contributed by atoms with van der Waals surface area (Å²) < 4.78 is 10.7. The fourth-order valence-corrected chi connectivity index (χ4v) is 4.16. The summed E-state index contributed by atoms with van der Waals surface area (Å²) in [6, 6.07) is 7.07. The number of hydrogen-bond acceptors (Lipinski definition) is 11. The SMILES string of the molecule is CCOC(=O)ON1CCCOc2cc(Nc3ncc(Cl)c(Nc4ccsc4C(=O)NC)n3)ccc21. The molecule has 3 N–H and O–H groups in total. The molecule has 0 radical (unpaired) electrons. The van der Waals surface area contributed by atoms with Crippen molar-refractivity contribution in [3.05, 3.63) is 45.7 Å². The van der Waals surface area contributed by atoms with Crippen LogP contribution in [0.5, 0.6) is 5.75 Å². The van der Waals surface area contributed by atoms with Gasteiger partial charge in [0, 0.05) is 25.2 Å². The van der Waals surface area contributed by atoms with Gasteiger partial charge in [-0.05, 0) is 30.5 Å². The van der Waals surface area contributed by atoms with Crippen LogP contribution in [0.1, 0.15) is 23.0 Å². The fraction of sp³-hybridized carbons (Fsp3) is 0.273. The standard InChI is InChI=1S/C22H23ClN6O5S/c1-3-32-22(31)34-29-8-4-9-33-17-11-13(5-6-16(17)29)26-21-25-12-14(23)19(28-21)27-15-7-10-35-18(15)20(30)24-2/h5-7,10-12H,3-4,8-9H2,1-2H3,(H,24,30)(H2,25,26,27,28). The lowest BCUT2D eigenvalue weighted by Gasteiger charge is -2.21. The minimum atomic E-state index is -0.776. The van der Waals surface area contributed by atoms with Gasteiger partial charge in [0.1, 0.15) is 21.3 Å². The summed E-state index contributed by atoms with van der Waals surface area (Å²) in [5.41, 5.74) is 1.83. The van der Waals surface area contributed by atoms with Crippen LogP contribution in [0.2, 0.25) is 5.02 Å². The van der Waals surface area contributed by atoms with Crippen molar-refractivity contribution in [1.82, 2.24) is 15.3 Å². The Hall–Kier alpha value is -3.77. The van der Waals surface area contributed by atoms with Gasteiger partial charge in [0.25, 0.3) is 5.91 Å². The number of carbonyl (C=O) groups excluding carboxylic acids is 2. The van der Waals surface area contributed by atoms with Crippen LogP contribution in [-0.4, -0.2) is 48.8 Å². The largest absolute Gasteiger partial charge is 0.533 e. The Labute approximate surface area is 210 Å². The molecule has 0 spiro atoms. The molecule has 0 saturated carbocycles. The van der Waals surface area contributed by atoms with Crippen molar-refractivity contribution in [2.24, 2.45) is 0 Å². The number of ether oxygens (including phenoxy) is 2. The molecule has 11 nitrogen and oxygen atoms in total. The minimum absolute atomic E-state index is 0.211. The molecule has 1 amide bonds. The van der Waals surface area contributed by atoms with Gasteiger partial charge < -0.3 is 30.3 Å². The smallest absolute Gasteiger partial charge is 0.491 e. The van der Waals surface area contributed by atoms with E-state index in [-0.39, 0.29) is 18.5 Å². The van der Waals surface area contributed by atoms with Gasteiger partial charge in [0.15, 0.2) is 5.82 Å². The van der Waals surface area contributed by atoms with E-state index in [0.717, 1.165) is 0 Å². The van der Waals surface area contributed by atoms with E-state index < -0.39 is 6.16 Å². The van der Waals surface area contributed by atoms with Crippen molar-refractivity contribution in [2.45, 2.75) is 13.3 Å². The molecule has 0 unspecified atom stereocenters. The number of thiophene rings is 1. The quantitative estimate of drug-likeness (QED) is 0.378. The zero-order chi connectivity index (χ0) is 24.8. The first-order valence-electron chi connectivity index (χ1n) is 10.7. The van der Waals surface area contributed by atoms with Crippen molar-refractivity contribution in [3.8, 4) is 5.75 Å². The summed E-state index contributed by atoms with van der Waals surface area (Å²) in [5.74, 6) is 0.934. The maximum atomic E-state index is 12.1. The number of amides is 1. The van der Waals surface area contributed by atoms with E-state index in [0.29, 0.717) is 58.1 Å². The zero-order valence-corrected chi connectivity index (χ0v) is 20.5. The van der Waals surface area contributed by atoms with Crippen molar-refractivity contribution < 1.29 is 23.9 Å². The first-order chi connectivity index (χ1) is 17.0. The van der Waals surface area contributed by atoms with Crippen LogP contribution in [-0.2, 0) is 9.57 Å². The highest BCUT2D eigenvalue weighted by molar-refractivity contribution is 7.12. The molecule has 35 heavy (non-hydrogen) atoms. The van der Waals surface area contributed by atoms with Gasteiger partial charge in [0.2, 0.25) is 5.95 Å². The van der Waals surface area contributed by atoms with Crippen LogP contribution in [0.25, 0.3) is 0 Å². The third-order valence-electron chi connectivity index (χ3n) is 4.79. The molecule has 0 aliphatic carbocycles. The lowest BCUT2D eigenvalue weighted by molar-refractivity contribution is 0.0499. The Bertz CT molecular complexity index is 1220. The molecular formula is C22H23ClN6O5S. The lowest BCUT2D eigenvalue weighted by Crippen LogP contribution is -2.28. The number of nitrogens with zero attached hydrogens (tertiary/aromatic N) is 3. The molecule has 1 aliphatic heterocycles. The van der Waals surface area contributed by atoms with Crippen molar-refractivity contribution in [3.63, 3.8) is 0 Å². The average Bonchev–Trinajstić information content (AvgIpc) is 3.22. The number of aromatic nitrogens is 2. The van der Waals surface area contributed by atoms with Gasteiger partial charge in [-0.1, -0.05) is 11.6 Å². The molecule has 3 aromatic rings. The highest BCUT2D eigenvalue weighted by Gasteiger charge is 2.22. The van der Waals surface area contributed by atoms with E-state index in [4.69, 9.17) is 25.9 Å². The molecule has 0 saturated heterocycles. The summed E-state index contributed by atoms with van der Waals surface area (Å²) >= 11 is 7.59. The van der Waals surface area contributed by atoms with Gasteiger partial charge in [-0.15, -0.1) is 11.3 Å². The van der Waals surface area contributed by atoms with Crippen molar-refractivity contribution in [2.75, 3.05) is 42.5 Å². The van der Waals surface area contributed by atoms with Crippen molar-refractivity contribution >= 4 is 63.8 Å². The monoisotopic (exact) mass is 518 g/mol. The minimum Gasteiger partial charge on any atom is -0.491 e. The first kappa shape index (κ1) is 24.4. The number of benzene rings is 1. The molecule has 4 rings (SSSR count). The Morgan fingerprint density at radius 3 is 2.94 bits per heavy atom. The van der Waals surface area contributed by atoms with E-state index in [9.17, 15) is 9.59 Å². The van der Waals surface area contributed by atoms with E-state index in [2.05, 4.69) is 25.9 Å². The Morgan fingerprint density at radius 1 is 1.29 bits per heavy atom. The maximum absolute atomic E-state index is 12.1. The molecule has 3 heterocycles. The number of rotatable bonds is 7. The van der Waals surface area contributed by atoms with Crippen LogP contribution in [0, 0.1) is 0 Å². The van der Waals surface area contributed by atoms with Crippen LogP contribution < -0.4 is 25.8 Å². The van der Waals surface area contributed by atoms with Crippen LogP contribution in [0.4, 0.5) is 33.6 Å². The number of anilines is 5. The van der Waals surface area contributed by atoms with E-state index >= 15 is 0 Å². The Morgan fingerprint density at radius 2 is 2.14 bits per heavy atom. The molecule has 184 valence electrons. The normalized spacial score (nSPS) is 12.6. The van der Waals surface area contributed by atoms with Gasteiger partial charge in [0.05, 0.1) is 31.6 Å². The molecular weight excluding hydrogens is 496 g/mol. The highest BCUT2D eigenvalue weighted by atomic mass is 35.5. The topological polar surface area (TPSA) is 127 Å². The third kappa shape index (κ3) is 5.84. The van der Waals surface area contributed by atoms with Crippen molar-refractivity contribution in [1.29, 1.82) is 0 Å². The fourth-order valence-electron chi connectivity index (χ4n) is 3.22. The second-order valence-corrected chi connectivity index (χ2v) is 8.47. The maximum Gasteiger partial charge on any atom is 0.533 e. The third-order valence-corrected chi connectivity index (χ3v) is 5.98. The Balaban J connectivity index is 1.53. The van der Waals surface area contributed by atoms with Gasteiger partial charge in [-0.3, -0.25) is 4.79 Å². The molecule has 0 atom stereocenters. The zero-order valence-electron chi connectivity index (χ0n) is 19.0. The molecule has 1 aromatic carbocycles. The average molecular weight is 519 g/mol. The number of halogens is 1. The van der Waals surface area contributed by atoms with Crippen LogP contribution in [0.3, 0.4) is 0 Å². The highest BCUT2D eigenvalue weighted by Crippen LogP contribution is 2.35. The van der Waals surface area contributed by atoms with Crippen LogP contribution in [0.15, 0.2) is 35.8 Å². The molecule has 0 bridgehead atoms. The van der Waals surface area contributed by atoms with Gasteiger partial charge >= 0.3 is 6.16 Å². The Kier molecular flexibility index (Phi) is 7.73. The summed E-state index contributed by atoms with van der Waals surface area (Å²) in [6.45, 7) is 2.85. The molecule has 13 heteroatoms. The second-order valence-electron chi connectivity index (χ2n) is 7.14. The van der Waals surface area contributed by atoms with E-state index in [1.54, 1.807) is 43.6 Å². The summed E-state index contributed by atoms with van der Waals surface area (Å²) in [7, 11) is 1.57. The molecule has 0 fully saturated rings. The summed E-state index contributed by atoms with van der Waals surface area (Å²) in [6.07, 6.45) is 1.34. The first-order valence-corrected chi connectivity index (χ1v) is 12.0. The number of hydrogen-bond donors (Lipinski definition) is 3. The predicted octanol–water partition coefficient (Wildman–Crippen LogP) is 4.72. The van der Waals surface area contributed by atoms with E-state index in [1.165, 1.54) is 22.6 Å². The number of carbonyl (C=O) groups is 2. The van der Waals surface area contributed by atoms with Crippen LogP contribution >= 0.6 is 22.9 Å². The van der Waals surface area contributed by atoms with E-state index in [1.807, 2.05) is 0 Å². The molecule has 1 aliphatic rings. The molecule has 2 aromatic heterocycles. The number of nitrogens with one attached hydrogen (secondary N) is 3. The lowest BCUT2D eigenvalue weighted by atomic mass is 10.2. The summed E-state index contributed by atoms with van der Waals surface area (Å²) in [5, 5.41) is 12.4. The predicted molar refractivity (Wildman–Crippen MR) is 133 cm³/mol. The van der Waals surface area contributed by atoms with Gasteiger partial charge in [-0.25, -0.2) is 9.78 Å². The van der Waals surface area contributed by atoms with Gasteiger partial charge in [-0.2, -0.15) is 10.0 Å². The summed E-state index contributed by atoms with van der Waals surface area (Å²) in [4.78, 5) is 38.4. The number of fused-ring (bicyclic) bond motifs is 1. The second kappa shape index (κ2) is 11.1. The number of hydroxylamine groups is 1.